The highest BCUT2D eigenvalue weighted by Gasteiger charge is 2.28. The zero-order chi connectivity index (χ0) is 27.4. The number of amides is 2. The maximum atomic E-state index is 11.2. The second-order valence-electron chi connectivity index (χ2n) is 7.31. The summed E-state index contributed by atoms with van der Waals surface area (Å²) in [6.45, 7) is 4.69. The van der Waals surface area contributed by atoms with Crippen molar-refractivity contribution in [2.45, 2.75) is 84.8 Å². The molecule has 2 aliphatic carbocycles. The lowest BCUT2D eigenvalue weighted by atomic mass is 9.81. The van der Waals surface area contributed by atoms with Crippen LogP contribution >= 0.6 is 46.4 Å². The number of rotatable bonds is 5. The van der Waals surface area contributed by atoms with Crippen molar-refractivity contribution >= 4 is 79.2 Å². The van der Waals surface area contributed by atoms with Gasteiger partial charge in [-0.25, -0.2) is 0 Å². The summed E-state index contributed by atoms with van der Waals surface area (Å²) in [4.78, 5) is 59.9. The molecule has 4 unspecified atom stereocenters. The Morgan fingerprint density at radius 2 is 1.11 bits per heavy atom. The summed E-state index contributed by atoms with van der Waals surface area (Å²) in [5.74, 6) is 0.161. The third-order valence-electron chi connectivity index (χ3n) is 4.23. The zero-order valence-electron chi connectivity index (χ0n) is 19.7. The standard InChI is InChI=1S/C9H16N2O2.C4H10N2.C3H2Cl2O2.2C2H3ClO.CH4/c1-6-3-4-7(6)11-9(13)5-8(12)10-2;5-3-1-2-4(3)6;4-2(6)1-3(5)7;2*1-2(3)4;/h6-7H,3-5H2,1-2H3,(H,10,12)(H,11,13);3-4H,1-2,5-6H2;1H2;2*1H3;1H4. The van der Waals surface area contributed by atoms with Crippen molar-refractivity contribution in [3.63, 3.8) is 0 Å². The van der Waals surface area contributed by atoms with Crippen molar-refractivity contribution in [1.82, 2.24) is 10.6 Å². The van der Waals surface area contributed by atoms with E-state index >= 15 is 0 Å². The van der Waals surface area contributed by atoms with Crippen LogP contribution in [0.1, 0.15) is 66.7 Å². The summed E-state index contributed by atoms with van der Waals surface area (Å²) >= 11 is 18.7. The average Bonchev–Trinajstić information content (AvgIpc) is 2.68. The molecular weight excluding hydrogens is 546 g/mol. The van der Waals surface area contributed by atoms with Crippen LogP contribution in [-0.4, -0.2) is 58.0 Å². The molecule has 2 aliphatic rings. The van der Waals surface area contributed by atoms with Crippen molar-refractivity contribution in [3.8, 4) is 0 Å². The molecule has 35 heavy (non-hydrogen) atoms. The Bertz CT molecular complexity index is 642. The summed E-state index contributed by atoms with van der Waals surface area (Å²) in [6, 6.07) is 0.909. The predicted octanol–water partition coefficient (Wildman–Crippen LogP) is 2.56. The topological polar surface area (TPSA) is 179 Å². The van der Waals surface area contributed by atoms with E-state index in [1.807, 2.05) is 0 Å². The van der Waals surface area contributed by atoms with Gasteiger partial charge in [-0.15, -0.1) is 0 Å². The monoisotopic (exact) mass is 582 g/mol. The van der Waals surface area contributed by atoms with Gasteiger partial charge in [0, 0.05) is 39.0 Å². The van der Waals surface area contributed by atoms with Crippen molar-refractivity contribution in [2.24, 2.45) is 17.4 Å². The van der Waals surface area contributed by atoms with Gasteiger partial charge in [-0.1, -0.05) is 14.4 Å². The number of hydrogen-bond donors (Lipinski definition) is 4. The molecule has 2 amide bonds. The fraction of sp³-hybridized carbons (Fsp3) is 0.714. The molecule has 0 spiro atoms. The first-order chi connectivity index (χ1) is 15.5. The minimum absolute atomic E-state index is 0. The molecule has 0 heterocycles. The summed E-state index contributed by atoms with van der Waals surface area (Å²) in [5.41, 5.74) is 10.8. The van der Waals surface area contributed by atoms with Gasteiger partial charge in [0.1, 0.15) is 6.42 Å². The van der Waals surface area contributed by atoms with E-state index in [1.165, 1.54) is 27.3 Å². The van der Waals surface area contributed by atoms with Gasteiger partial charge in [0.05, 0.1) is 6.42 Å². The van der Waals surface area contributed by atoms with Crippen LogP contribution in [0.2, 0.25) is 0 Å². The van der Waals surface area contributed by atoms with Crippen LogP contribution in [-0.2, 0) is 28.8 Å². The van der Waals surface area contributed by atoms with E-state index in [0.29, 0.717) is 18.0 Å². The van der Waals surface area contributed by atoms with Crippen molar-refractivity contribution < 1.29 is 28.8 Å². The number of carbonyl (C=O) groups excluding carboxylic acids is 6. The number of halogens is 4. The van der Waals surface area contributed by atoms with Crippen molar-refractivity contribution in [1.29, 1.82) is 0 Å². The molecule has 6 N–H and O–H groups in total. The summed E-state index contributed by atoms with van der Waals surface area (Å²) in [5, 5.41) is 3.08. The Kier molecular flexibility index (Phi) is 28.5. The highest BCUT2D eigenvalue weighted by atomic mass is 35.5. The Balaban J connectivity index is -0.000000187. The molecular formula is C21H38Cl4N4O6. The molecule has 0 bridgehead atoms. The Morgan fingerprint density at radius 1 is 0.743 bits per heavy atom. The van der Waals surface area contributed by atoms with Crippen LogP contribution in [0.25, 0.3) is 0 Å². The van der Waals surface area contributed by atoms with Crippen LogP contribution in [0.15, 0.2) is 0 Å². The second kappa shape index (κ2) is 24.4. The van der Waals surface area contributed by atoms with E-state index in [0.717, 1.165) is 19.3 Å². The quantitative estimate of drug-likeness (QED) is 0.281. The summed E-state index contributed by atoms with van der Waals surface area (Å²) in [6.07, 6.45) is 4.02. The van der Waals surface area contributed by atoms with Gasteiger partial charge in [0.25, 0.3) is 0 Å². The zero-order valence-corrected chi connectivity index (χ0v) is 22.7. The molecule has 0 radical (unpaired) electrons. The van der Waals surface area contributed by atoms with Gasteiger partial charge >= 0.3 is 0 Å². The van der Waals surface area contributed by atoms with Crippen molar-refractivity contribution in [2.75, 3.05) is 7.05 Å². The van der Waals surface area contributed by atoms with Crippen LogP contribution in [0.5, 0.6) is 0 Å². The minimum Gasteiger partial charge on any atom is -0.359 e. The predicted molar refractivity (Wildman–Crippen MR) is 140 cm³/mol. The maximum absolute atomic E-state index is 11.2. The SMILES string of the molecule is C.CC(=O)Cl.CC(=O)Cl.CNC(=O)CC(=O)NC1CCC1C.NC1CCC1N.O=C(Cl)CC(=O)Cl. The second-order valence-corrected chi connectivity index (χ2v) is 9.22. The molecule has 2 saturated carbocycles. The van der Waals surface area contributed by atoms with Crippen LogP contribution in [0.3, 0.4) is 0 Å². The normalized spacial score (nSPS) is 20.5. The van der Waals surface area contributed by atoms with Gasteiger partial charge in [-0.3, -0.25) is 28.8 Å². The molecule has 2 fully saturated rings. The number of carbonyl (C=O) groups is 6. The first kappa shape index (κ1) is 40.9. The molecule has 10 nitrogen and oxygen atoms in total. The van der Waals surface area contributed by atoms with E-state index in [9.17, 15) is 28.8 Å². The Labute approximate surface area is 227 Å². The number of hydrogen-bond acceptors (Lipinski definition) is 8. The molecule has 4 atom stereocenters. The van der Waals surface area contributed by atoms with E-state index in [1.54, 1.807) is 0 Å². The van der Waals surface area contributed by atoms with Gasteiger partial charge in [0.15, 0.2) is 0 Å². The van der Waals surface area contributed by atoms with Gasteiger partial charge in [-0.05, 0) is 78.0 Å². The van der Waals surface area contributed by atoms with Gasteiger partial charge in [-0.2, -0.15) is 0 Å². The smallest absolute Gasteiger partial charge is 0.230 e. The summed E-state index contributed by atoms with van der Waals surface area (Å²) in [7, 11) is 1.53. The lowest BCUT2D eigenvalue weighted by Gasteiger charge is -2.34. The summed E-state index contributed by atoms with van der Waals surface area (Å²) < 4.78 is 0. The molecule has 0 aliphatic heterocycles. The first-order valence-electron chi connectivity index (χ1n) is 10.2. The average molecular weight is 584 g/mol. The number of nitrogens with one attached hydrogen (secondary N) is 2. The minimum atomic E-state index is -0.722. The lowest BCUT2D eigenvalue weighted by Crippen LogP contribution is -2.49. The highest BCUT2D eigenvalue weighted by molar-refractivity contribution is 6.72. The molecule has 2 rings (SSSR count). The van der Waals surface area contributed by atoms with Gasteiger partial charge < -0.3 is 22.1 Å². The van der Waals surface area contributed by atoms with E-state index in [2.05, 4.69) is 40.8 Å². The molecule has 0 aromatic heterocycles. The number of nitrogens with two attached hydrogens (primary N) is 2. The Morgan fingerprint density at radius 3 is 1.26 bits per heavy atom. The van der Waals surface area contributed by atoms with E-state index < -0.39 is 10.5 Å². The fourth-order valence-electron chi connectivity index (χ4n) is 2.03. The van der Waals surface area contributed by atoms with Crippen LogP contribution in [0, 0.1) is 5.92 Å². The maximum Gasteiger partial charge on any atom is 0.230 e. The highest BCUT2D eigenvalue weighted by Crippen LogP contribution is 2.26. The molecule has 14 heteroatoms. The van der Waals surface area contributed by atoms with Gasteiger partial charge in [0.2, 0.25) is 32.8 Å². The third-order valence-corrected chi connectivity index (χ3v) is 4.49. The molecule has 206 valence electrons. The van der Waals surface area contributed by atoms with Crippen molar-refractivity contribution in [3.05, 3.63) is 0 Å². The van der Waals surface area contributed by atoms with Crippen LogP contribution in [0.4, 0.5) is 0 Å². The van der Waals surface area contributed by atoms with E-state index in [4.69, 9.17) is 34.7 Å². The first-order valence-corrected chi connectivity index (χ1v) is 11.7. The lowest BCUT2D eigenvalue weighted by molar-refractivity contribution is -0.130. The molecule has 0 saturated heterocycles. The van der Waals surface area contributed by atoms with E-state index in [-0.39, 0.29) is 48.6 Å². The fourth-order valence-corrected chi connectivity index (χ4v) is 2.35. The Hall–Kier alpha value is -1.30. The third kappa shape index (κ3) is 32.7. The molecule has 0 aromatic carbocycles. The molecule has 0 aromatic rings. The van der Waals surface area contributed by atoms with Crippen LogP contribution < -0.4 is 22.1 Å². The largest absolute Gasteiger partial charge is 0.359 e.